The Hall–Kier alpha value is -2.26. The van der Waals surface area contributed by atoms with E-state index in [1.165, 1.54) is 6.08 Å². The van der Waals surface area contributed by atoms with Gasteiger partial charge in [-0.25, -0.2) is 4.79 Å². The maximum Gasteiger partial charge on any atom is 0.330 e. The first-order chi connectivity index (χ1) is 12.3. The molecule has 4 heteroatoms. The Morgan fingerprint density at radius 3 is 2.50 bits per heavy atom. The summed E-state index contributed by atoms with van der Waals surface area (Å²) in [4.78, 5) is 11.4. The molecule has 0 N–H and O–H groups in total. The fraction of sp³-hybridized carbons (Fsp3) is 0.318. The van der Waals surface area contributed by atoms with Crippen molar-refractivity contribution in [1.82, 2.24) is 0 Å². The van der Waals surface area contributed by atoms with Crippen LogP contribution in [0.25, 0.3) is 6.08 Å². The molecular formula is C22H27ClO3. The maximum absolute atomic E-state index is 11.4. The highest BCUT2D eigenvalue weighted by atomic mass is 35.5. The van der Waals surface area contributed by atoms with Crippen molar-refractivity contribution in [2.45, 2.75) is 34.6 Å². The summed E-state index contributed by atoms with van der Waals surface area (Å²) in [7, 11) is 1.64. The van der Waals surface area contributed by atoms with Crippen LogP contribution in [0.2, 0.25) is 5.02 Å². The van der Waals surface area contributed by atoms with E-state index in [1.807, 2.05) is 64.1 Å². The lowest BCUT2D eigenvalue weighted by Crippen LogP contribution is -1.99. The smallest absolute Gasteiger partial charge is 0.330 e. The number of ether oxygens (including phenoxy) is 2. The predicted octanol–water partition coefficient (Wildman–Crippen LogP) is 5.99. The van der Waals surface area contributed by atoms with Crippen LogP contribution < -0.4 is 4.74 Å². The molecule has 0 fully saturated rings. The van der Waals surface area contributed by atoms with E-state index in [9.17, 15) is 4.79 Å². The molecule has 140 valence electrons. The minimum absolute atomic E-state index is 0.324. The molecule has 0 aliphatic heterocycles. The second kappa shape index (κ2) is 10.7. The third-order valence-corrected chi connectivity index (χ3v) is 4.28. The van der Waals surface area contributed by atoms with Crippen molar-refractivity contribution in [2.75, 3.05) is 13.7 Å². The zero-order valence-corrected chi connectivity index (χ0v) is 17.1. The van der Waals surface area contributed by atoms with Crippen LogP contribution in [0.1, 0.15) is 37.5 Å². The van der Waals surface area contributed by atoms with Crippen LogP contribution in [0, 0.1) is 13.8 Å². The van der Waals surface area contributed by atoms with Gasteiger partial charge in [-0.2, -0.15) is 0 Å². The van der Waals surface area contributed by atoms with E-state index in [2.05, 4.69) is 0 Å². The summed E-state index contributed by atoms with van der Waals surface area (Å²) < 4.78 is 10.2. The highest BCUT2D eigenvalue weighted by molar-refractivity contribution is 6.33. The number of aryl methyl sites for hydroxylation is 1. The van der Waals surface area contributed by atoms with Gasteiger partial charge in [0.05, 0.1) is 18.7 Å². The van der Waals surface area contributed by atoms with E-state index >= 15 is 0 Å². The van der Waals surface area contributed by atoms with Crippen molar-refractivity contribution in [1.29, 1.82) is 0 Å². The molecule has 0 saturated carbocycles. The predicted molar refractivity (Wildman–Crippen MR) is 110 cm³/mol. The molecule has 0 amide bonds. The normalized spacial score (nSPS) is 12.9. The number of rotatable bonds is 7. The van der Waals surface area contributed by atoms with Crippen molar-refractivity contribution in [2.24, 2.45) is 0 Å². The van der Waals surface area contributed by atoms with E-state index in [0.717, 1.165) is 33.6 Å². The second-order valence-electron chi connectivity index (χ2n) is 5.99. The standard InChI is InChI=1S/C22H27ClO3/c1-7-26-21(24)13-16(3)10-8-9-15(2)11-12-19-17(4)14-20(25-6)18(5)22(19)23/h8-14H,7H2,1-6H3/b10-8-,12-11-,15-9-,16-13-. The highest BCUT2D eigenvalue weighted by Crippen LogP contribution is 2.32. The summed E-state index contributed by atoms with van der Waals surface area (Å²) in [5.41, 5.74) is 4.88. The number of allylic oxidation sites excluding steroid dienone is 6. The molecule has 0 aliphatic carbocycles. The summed E-state index contributed by atoms with van der Waals surface area (Å²) in [6.07, 6.45) is 11.2. The monoisotopic (exact) mass is 374 g/mol. The fourth-order valence-corrected chi connectivity index (χ4v) is 2.63. The highest BCUT2D eigenvalue weighted by Gasteiger charge is 2.10. The molecule has 0 radical (unpaired) electrons. The fourth-order valence-electron chi connectivity index (χ4n) is 2.32. The van der Waals surface area contributed by atoms with Crippen LogP contribution in [0.3, 0.4) is 0 Å². The van der Waals surface area contributed by atoms with Crippen LogP contribution in [-0.2, 0) is 9.53 Å². The number of methoxy groups -OCH3 is 1. The molecule has 0 bridgehead atoms. The largest absolute Gasteiger partial charge is 0.496 e. The first-order valence-corrected chi connectivity index (χ1v) is 8.89. The minimum atomic E-state index is -0.324. The van der Waals surface area contributed by atoms with E-state index in [0.29, 0.717) is 11.6 Å². The van der Waals surface area contributed by atoms with Crippen LogP contribution in [0.15, 0.2) is 47.6 Å². The van der Waals surface area contributed by atoms with Gasteiger partial charge < -0.3 is 9.47 Å². The molecule has 0 unspecified atom stereocenters. The number of carbonyl (C=O) groups is 1. The second-order valence-corrected chi connectivity index (χ2v) is 6.37. The van der Waals surface area contributed by atoms with Crippen molar-refractivity contribution in [3.05, 3.63) is 69.3 Å². The summed E-state index contributed by atoms with van der Waals surface area (Å²) in [5, 5.41) is 0.703. The first-order valence-electron chi connectivity index (χ1n) is 8.51. The Labute approximate surface area is 161 Å². The number of hydrogen-bond acceptors (Lipinski definition) is 3. The summed E-state index contributed by atoms with van der Waals surface area (Å²) in [5.74, 6) is 0.471. The molecule has 3 nitrogen and oxygen atoms in total. The summed E-state index contributed by atoms with van der Waals surface area (Å²) in [6, 6.07) is 1.99. The molecular weight excluding hydrogens is 348 g/mol. The zero-order valence-electron chi connectivity index (χ0n) is 16.4. The van der Waals surface area contributed by atoms with E-state index < -0.39 is 0 Å². The average Bonchev–Trinajstić information content (AvgIpc) is 2.58. The summed E-state index contributed by atoms with van der Waals surface area (Å²) in [6.45, 7) is 9.98. The maximum atomic E-state index is 11.4. The lowest BCUT2D eigenvalue weighted by Gasteiger charge is -2.12. The molecule has 1 aromatic rings. The van der Waals surface area contributed by atoms with Gasteiger partial charge in [-0.15, -0.1) is 0 Å². The van der Waals surface area contributed by atoms with Crippen LogP contribution in [0.5, 0.6) is 5.75 Å². The molecule has 0 atom stereocenters. The number of hydrogen-bond donors (Lipinski definition) is 0. The Bertz CT molecular complexity index is 768. The molecule has 1 aromatic carbocycles. The van der Waals surface area contributed by atoms with Gasteiger partial charge in [0, 0.05) is 11.6 Å². The van der Waals surface area contributed by atoms with Crippen LogP contribution >= 0.6 is 11.6 Å². The van der Waals surface area contributed by atoms with Crippen molar-refractivity contribution in [3.8, 4) is 5.75 Å². The Kier molecular flexibility index (Phi) is 8.94. The van der Waals surface area contributed by atoms with Gasteiger partial charge in [-0.3, -0.25) is 0 Å². The Morgan fingerprint density at radius 1 is 1.19 bits per heavy atom. The van der Waals surface area contributed by atoms with Gasteiger partial charge in [0.25, 0.3) is 0 Å². The van der Waals surface area contributed by atoms with E-state index in [1.54, 1.807) is 14.0 Å². The molecule has 0 saturated heterocycles. The van der Waals surface area contributed by atoms with E-state index in [-0.39, 0.29) is 5.97 Å². The topological polar surface area (TPSA) is 35.5 Å². The van der Waals surface area contributed by atoms with Crippen LogP contribution in [0.4, 0.5) is 0 Å². The zero-order chi connectivity index (χ0) is 19.7. The minimum Gasteiger partial charge on any atom is -0.496 e. The van der Waals surface area contributed by atoms with E-state index in [4.69, 9.17) is 21.1 Å². The van der Waals surface area contributed by atoms with Gasteiger partial charge in [0.2, 0.25) is 0 Å². The molecule has 0 aliphatic rings. The quantitative estimate of drug-likeness (QED) is 0.334. The van der Waals surface area contributed by atoms with Crippen molar-refractivity contribution >= 4 is 23.6 Å². The van der Waals surface area contributed by atoms with Crippen LogP contribution in [-0.4, -0.2) is 19.7 Å². The SMILES string of the molecule is CCOC(=O)\C=C(C)/C=C\C=C(C)/C=C\c1c(C)cc(OC)c(C)c1Cl. The van der Waals surface area contributed by atoms with Gasteiger partial charge >= 0.3 is 5.97 Å². The number of esters is 1. The molecule has 1 rings (SSSR count). The van der Waals surface area contributed by atoms with Gasteiger partial charge in [-0.05, 0) is 57.4 Å². The number of halogens is 1. The summed E-state index contributed by atoms with van der Waals surface area (Å²) >= 11 is 6.47. The lowest BCUT2D eigenvalue weighted by molar-refractivity contribution is -0.137. The molecule has 26 heavy (non-hydrogen) atoms. The number of carbonyl (C=O) groups excluding carboxylic acids is 1. The van der Waals surface area contributed by atoms with Gasteiger partial charge in [0.15, 0.2) is 0 Å². The van der Waals surface area contributed by atoms with Crippen molar-refractivity contribution < 1.29 is 14.3 Å². The molecule has 0 heterocycles. The first kappa shape index (κ1) is 21.8. The third kappa shape index (κ3) is 6.57. The van der Waals surface area contributed by atoms with Crippen molar-refractivity contribution in [3.63, 3.8) is 0 Å². The lowest BCUT2D eigenvalue weighted by atomic mass is 10.0. The van der Waals surface area contributed by atoms with Gasteiger partial charge in [0.1, 0.15) is 5.75 Å². The molecule has 0 spiro atoms. The molecule has 0 aromatic heterocycles. The third-order valence-electron chi connectivity index (χ3n) is 3.79. The van der Waals surface area contributed by atoms with Gasteiger partial charge in [-0.1, -0.05) is 47.6 Å². The number of benzene rings is 1. The average molecular weight is 375 g/mol. The Morgan fingerprint density at radius 2 is 1.88 bits per heavy atom. The Balaban J connectivity index is 2.89.